The molecule has 0 unspecified atom stereocenters. The first-order chi connectivity index (χ1) is 12.3. The zero-order chi connectivity index (χ0) is 19.2. The predicted molar refractivity (Wildman–Crippen MR) is 106 cm³/mol. The molecule has 0 spiro atoms. The lowest BCUT2D eigenvalue weighted by Crippen LogP contribution is -2.25. The average Bonchev–Trinajstić information content (AvgIpc) is 2.62. The Kier molecular flexibility index (Phi) is 6.96. The number of carbonyl (C=O) groups is 1. The lowest BCUT2D eigenvalue weighted by molar-refractivity contribution is 0.102. The average molecular weight is 439 g/mol. The van der Waals surface area contributed by atoms with Crippen LogP contribution < -0.4 is 14.8 Å². The summed E-state index contributed by atoms with van der Waals surface area (Å²) < 4.78 is 31.9. The van der Waals surface area contributed by atoms with E-state index in [1.165, 1.54) is 13.2 Å². The molecule has 138 valence electrons. The van der Waals surface area contributed by atoms with Crippen molar-refractivity contribution in [3.05, 3.63) is 70.7 Å². The third kappa shape index (κ3) is 5.69. The number of rotatable bonds is 8. The van der Waals surface area contributed by atoms with Gasteiger partial charge in [0.05, 0.1) is 18.4 Å². The van der Waals surface area contributed by atoms with Gasteiger partial charge in [0.25, 0.3) is 5.91 Å². The fourth-order valence-corrected chi connectivity index (χ4v) is 3.68. The van der Waals surface area contributed by atoms with Crippen molar-refractivity contribution in [1.82, 2.24) is 4.72 Å². The lowest BCUT2D eigenvalue weighted by atomic mass is 10.2. The van der Waals surface area contributed by atoms with Crippen molar-refractivity contribution in [2.75, 3.05) is 19.0 Å². The highest BCUT2D eigenvalue weighted by Gasteiger charge is 2.13. The molecule has 8 heteroatoms. The molecule has 0 saturated heterocycles. The summed E-state index contributed by atoms with van der Waals surface area (Å²) in [5, 5.41) is 2.77. The zero-order valence-electron chi connectivity index (χ0n) is 14.2. The summed E-state index contributed by atoms with van der Waals surface area (Å²) in [5.41, 5.74) is 1.61. The molecule has 0 aliphatic carbocycles. The smallest absolute Gasteiger partial charge is 0.256 e. The molecule has 0 bridgehead atoms. The molecule has 0 aliphatic heterocycles. The van der Waals surface area contributed by atoms with Crippen molar-refractivity contribution in [3.8, 4) is 5.75 Å². The van der Waals surface area contributed by atoms with Crippen LogP contribution in [0.5, 0.6) is 5.75 Å². The van der Waals surface area contributed by atoms with Gasteiger partial charge in [-0.15, -0.1) is 6.58 Å². The summed E-state index contributed by atoms with van der Waals surface area (Å²) in [6.45, 7) is 3.66. The van der Waals surface area contributed by atoms with Gasteiger partial charge in [-0.25, -0.2) is 13.1 Å². The van der Waals surface area contributed by atoms with Gasteiger partial charge in [0, 0.05) is 16.7 Å². The van der Waals surface area contributed by atoms with Crippen molar-refractivity contribution in [1.29, 1.82) is 0 Å². The van der Waals surface area contributed by atoms with Crippen molar-refractivity contribution in [2.24, 2.45) is 0 Å². The number of sulfonamides is 1. The Labute approximate surface area is 161 Å². The van der Waals surface area contributed by atoms with Gasteiger partial charge in [0.15, 0.2) is 0 Å². The summed E-state index contributed by atoms with van der Waals surface area (Å²) >= 11 is 3.34. The minimum Gasteiger partial charge on any atom is -0.497 e. The van der Waals surface area contributed by atoms with Crippen molar-refractivity contribution < 1.29 is 17.9 Å². The van der Waals surface area contributed by atoms with Crippen LogP contribution in [0.2, 0.25) is 0 Å². The topological polar surface area (TPSA) is 84.5 Å². The number of nitrogens with one attached hydrogen (secondary N) is 2. The maximum Gasteiger partial charge on any atom is 0.256 e. The fraction of sp³-hybridized carbons (Fsp3) is 0.167. The third-order valence-electron chi connectivity index (χ3n) is 3.43. The summed E-state index contributed by atoms with van der Waals surface area (Å²) in [4.78, 5) is 12.4. The first-order valence-corrected chi connectivity index (χ1v) is 10.1. The summed E-state index contributed by atoms with van der Waals surface area (Å²) in [7, 11) is -1.89. The number of methoxy groups -OCH3 is 1. The van der Waals surface area contributed by atoms with Crippen LogP contribution in [0.25, 0.3) is 0 Å². The molecule has 0 heterocycles. The SMILES string of the molecule is C=CCNS(=O)(=O)Cc1ccc(NC(=O)c2cc(OC)ccc2Br)cc1. The van der Waals surface area contributed by atoms with Crippen molar-refractivity contribution >= 4 is 37.5 Å². The van der Waals surface area contributed by atoms with E-state index in [1.807, 2.05) is 0 Å². The van der Waals surface area contributed by atoms with E-state index < -0.39 is 10.0 Å². The number of benzene rings is 2. The molecule has 0 aliphatic rings. The molecule has 1 amide bonds. The van der Waals surface area contributed by atoms with E-state index in [9.17, 15) is 13.2 Å². The zero-order valence-corrected chi connectivity index (χ0v) is 16.6. The van der Waals surface area contributed by atoms with Gasteiger partial charge in [0.2, 0.25) is 10.0 Å². The Morgan fingerprint density at radius 1 is 1.23 bits per heavy atom. The van der Waals surface area contributed by atoms with E-state index in [2.05, 4.69) is 32.5 Å². The molecule has 0 atom stereocenters. The van der Waals surface area contributed by atoms with E-state index in [4.69, 9.17) is 4.74 Å². The first kappa shape index (κ1) is 20.2. The maximum atomic E-state index is 12.4. The van der Waals surface area contributed by atoms with Gasteiger partial charge in [0.1, 0.15) is 5.75 Å². The predicted octanol–water partition coefficient (Wildman–Crippen LogP) is 3.32. The van der Waals surface area contributed by atoms with Crippen LogP contribution in [0.1, 0.15) is 15.9 Å². The number of anilines is 1. The minimum absolute atomic E-state index is 0.142. The summed E-state index contributed by atoms with van der Waals surface area (Å²) in [5.74, 6) is 0.131. The van der Waals surface area contributed by atoms with Gasteiger partial charge >= 0.3 is 0 Å². The number of halogens is 1. The molecule has 6 nitrogen and oxygen atoms in total. The Morgan fingerprint density at radius 2 is 1.92 bits per heavy atom. The number of amides is 1. The number of hydrogen-bond donors (Lipinski definition) is 2. The molecule has 2 N–H and O–H groups in total. The second kappa shape index (κ2) is 8.98. The van der Waals surface area contributed by atoms with Crippen molar-refractivity contribution in [3.63, 3.8) is 0 Å². The molecule has 0 radical (unpaired) electrons. The number of carbonyl (C=O) groups excluding carboxylic acids is 1. The van der Waals surface area contributed by atoms with Crippen LogP contribution in [-0.4, -0.2) is 28.0 Å². The molecule has 2 aromatic carbocycles. The number of ether oxygens (including phenoxy) is 1. The van der Waals surface area contributed by atoms with Crippen molar-refractivity contribution in [2.45, 2.75) is 5.75 Å². The molecular weight excluding hydrogens is 420 g/mol. The van der Waals surface area contributed by atoms with Gasteiger partial charge in [-0.3, -0.25) is 4.79 Å². The quantitative estimate of drug-likeness (QED) is 0.619. The normalized spacial score (nSPS) is 11.0. The largest absolute Gasteiger partial charge is 0.497 e. The van der Waals surface area contributed by atoms with Crippen LogP contribution in [0.3, 0.4) is 0 Å². The van der Waals surface area contributed by atoms with Crippen LogP contribution in [0.15, 0.2) is 59.6 Å². The molecule has 26 heavy (non-hydrogen) atoms. The first-order valence-electron chi connectivity index (χ1n) is 7.66. The standard InChI is InChI=1S/C18H19BrN2O4S/c1-3-10-20-26(23,24)12-13-4-6-14(7-5-13)21-18(22)16-11-15(25-2)8-9-17(16)19/h3-9,11,20H,1,10,12H2,2H3,(H,21,22). The Morgan fingerprint density at radius 3 is 2.54 bits per heavy atom. The van der Waals surface area contributed by atoms with Gasteiger partial charge in [-0.1, -0.05) is 18.2 Å². The third-order valence-corrected chi connectivity index (χ3v) is 5.45. The van der Waals surface area contributed by atoms with E-state index in [-0.39, 0.29) is 18.2 Å². The lowest BCUT2D eigenvalue weighted by Gasteiger charge is -2.10. The molecule has 2 aromatic rings. The van der Waals surface area contributed by atoms with Crippen LogP contribution in [0.4, 0.5) is 5.69 Å². The highest BCUT2D eigenvalue weighted by atomic mass is 79.9. The highest BCUT2D eigenvalue weighted by molar-refractivity contribution is 9.10. The Hall–Kier alpha value is -2.16. The molecular formula is C18H19BrN2O4S. The Balaban J connectivity index is 2.07. The second-order valence-electron chi connectivity index (χ2n) is 5.39. The Bertz CT molecular complexity index is 896. The fourth-order valence-electron chi connectivity index (χ4n) is 2.14. The van der Waals surface area contributed by atoms with Gasteiger partial charge in [-0.05, 0) is 51.8 Å². The molecule has 0 fully saturated rings. The molecule has 0 saturated carbocycles. The maximum absolute atomic E-state index is 12.4. The number of hydrogen-bond acceptors (Lipinski definition) is 4. The molecule has 0 aromatic heterocycles. The second-order valence-corrected chi connectivity index (χ2v) is 8.05. The minimum atomic E-state index is -3.42. The summed E-state index contributed by atoms with van der Waals surface area (Å²) in [6.07, 6.45) is 1.48. The van der Waals surface area contributed by atoms with Crippen LogP contribution >= 0.6 is 15.9 Å². The van der Waals surface area contributed by atoms with Gasteiger partial charge < -0.3 is 10.1 Å². The van der Waals surface area contributed by atoms with Crippen LogP contribution in [0, 0.1) is 0 Å². The van der Waals surface area contributed by atoms with E-state index in [1.54, 1.807) is 42.5 Å². The van der Waals surface area contributed by atoms with E-state index >= 15 is 0 Å². The summed E-state index contributed by atoms with van der Waals surface area (Å²) in [6, 6.07) is 11.7. The van der Waals surface area contributed by atoms with E-state index in [0.29, 0.717) is 27.0 Å². The van der Waals surface area contributed by atoms with Crippen LogP contribution in [-0.2, 0) is 15.8 Å². The van der Waals surface area contributed by atoms with Gasteiger partial charge in [-0.2, -0.15) is 0 Å². The van der Waals surface area contributed by atoms with E-state index in [0.717, 1.165) is 0 Å². The highest BCUT2D eigenvalue weighted by Crippen LogP contribution is 2.23. The molecule has 2 rings (SSSR count). The monoisotopic (exact) mass is 438 g/mol.